The summed E-state index contributed by atoms with van der Waals surface area (Å²) >= 11 is 12.3. The monoisotopic (exact) mass is 536 g/mol. The molecule has 0 aromatic heterocycles. The first-order chi connectivity index (χ1) is 16.6. The van der Waals surface area contributed by atoms with Gasteiger partial charge in [0.25, 0.3) is 0 Å². The van der Waals surface area contributed by atoms with E-state index in [0.29, 0.717) is 27.1 Å². The predicted molar refractivity (Wildman–Crippen MR) is 137 cm³/mol. The summed E-state index contributed by atoms with van der Waals surface area (Å²) in [5, 5.41) is 3.59. The second-order valence-corrected chi connectivity index (χ2v) is 10.5. The molecule has 0 unspecified atom stereocenters. The highest BCUT2D eigenvalue weighted by atomic mass is 35.5. The third kappa shape index (κ3) is 6.67. The topological polar surface area (TPSA) is 84.9 Å². The molecule has 3 aromatic rings. The molecule has 0 spiro atoms. The van der Waals surface area contributed by atoms with Crippen LogP contribution in [0.25, 0.3) is 0 Å². The van der Waals surface area contributed by atoms with E-state index in [4.69, 9.17) is 32.7 Å². The fourth-order valence-electron chi connectivity index (χ4n) is 3.46. The van der Waals surface area contributed by atoms with Crippen LogP contribution in [0.15, 0.2) is 71.6 Å². The van der Waals surface area contributed by atoms with Gasteiger partial charge >= 0.3 is 0 Å². The Balaban J connectivity index is 1.84. The maximum Gasteiger partial charge on any atom is 0.243 e. The highest BCUT2D eigenvalue weighted by Gasteiger charge is 2.28. The number of rotatable bonds is 10. The number of hydrogen-bond acceptors (Lipinski definition) is 5. The number of carbonyl (C=O) groups excluding carboxylic acids is 1. The van der Waals surface area contributed by atoms with Crippen molar-refractivity contribution in [3.05, 3.63) is 87.9 Å². The van der Waals surface area contributed by atoms with E-state index >= 15 is 0 Å². The smallest absolute Gasteiger partial charge is 0.243 e. The molecule has 3 aromatic carbocycles. The van der Waals surface area contributed by atoms with Gasteiger partial charge in [-0.05, 0) is 54.4 Å². The molecule has 1 atom stereocenters. The van der Waals surface area contributed by atoms with Gasteiger partial charge in [-0.15, -0.1) is 0 Å². The number of halogens is 2. The van der Waals surface area contributed by atoms with Gasteiger partial charge in [0.05, 0.1) is 31.7 Å². The molecule has 0 aliphatic carbocycles. The SMILES string of the molecule is COc1ccc([C@@H](C)NC(=O)CN(Cc2ccc(Cl)cc2Cl)S(=O)(=O)c2ccccc2)cc1OC. The lowest BCUT2D eigenvalue weighted by Crippen LogP contribution is -2.41. The quantitative estimate of drug-likeness (QED) is 0.390. The average molecular weight is 537 g/mol. The van der Waals surface area contributed by atoms with E-state index in [0.717, 1.165) is 9.87 Å². The zero-order valence-electron chi connectivity index (χ0n) is 19.5. The average Bonchev–Trinajstić information content (AvgIpc) is 2.85. The van der Waals surface area contributed by atoms with Gasteiger partial charge in [-0.1, -0.05) is 53.5 Å². The van der Waals surface area contributed by atoms with Crippen LogP contribution < -0.4 is 14.8 Å². The first-order valence-electron chi connectivity index (χ1n) is 10.7. The van der Waals surface area contributed by atoms with Gasteiger partial charge in [-0.2, -0.15) is 4.31 Å². The summed E-state index contributed by atoms with van der Waals surface area (Å²) in [5.41, 5.74) is 1.30. The van der Waals surface area contributed by atoms with Gasteiger partial charge in [-0.3, -0.25) is 4.79 Å². The minimum atomic E-state index is -4.00. The first-order valence-corrected chi connectivity index (χ1v) is 12.9. The van der Waals surface area contributed by atoms with Gasteiger partial charge in [0.15, 0.2) is 11.5 Å². The van der Waals surface area contributed by atoms with Gasteiger partial charge < -0.3 is 14.8 Å². The van der Waals surface area contributed by atoms with Gasteiger partial charge in [-0.25, -0.2) is 8.42 Å². The predicted octanol–water partition coefficient (Wildman–Crippen LogP) is 5.08. The number of amides is 1. The van der Waals surface area contributed by atoms with Crippen LogP contribution in [0.2, 0.25) is 10.0 Å². The molecular weight excluding hydrogens is 511 g/mol. The molecule has 1 amide bonds. The van der Waals surface area contributed by atoms with E-state index in [1.165, 1.54) is 32.4 Å². The Morgan fingerprint density at radius 3 is 2.29 bits per heavy atom. The van der Waals surface area contributed by atoms with Gasteiger partial charge in [0, 0.05) is 16.6 Å². The first kappa shape index (κ1) is 26.8. The molecule has 0 bridgehead atoms. The van der Waals surface area contributed by atoms with Crippen molar-refractivity contribution >= 4 is 39.1 Å². The summed E-state index contributed by atoms with van der Waals surface area (Å²) < 4.78 is 38.5. The lowest BCUT2D eigenvalue weighted by Gasteiger charge is -2.24. The number of hydrogen-bond donors (Lipinski definition) is 1. The van der Waals surface area contributed by atoms with Gasteiger partial charge in [0.1, 0.15) is 0 Å². The van der Waals surface area contributed by atoms with Crippen molar-refractivity contribution in [3.8, 4) is 11.5 Å². The molecule has 35 heavy (non-hydrogen) atoms. The molecule has 0 saturated carbocycles. The van der Waals surface area contributed by atoms with E-state index in [1.807, 2.05) is 0 Å². The third-order valence-electron chi connectivity index (χ3n) is 5.35. The molecule has 3 rings (SSSR count). The lowest BCUT2D eigenvalue weighted by molar-refractivity contribution is -0.122. The molecule has 0 aliphatic rings. The van der Waals surface area contributed by atoms with Crippen LogP contribution in [0, 0.1) is 0 Å². The molecule has 10 heteroatoms. The fraction of sp³-hybridized carbons (Fsp3) is 0.240. The number of sulfonamides is 1. The Hall–Kier alpha value is -2.78. The highest BCUT2D eigenvalue weighted by Crippen LogP contribution is 2.30. The molecule has 0 radical (unpaired) electrons. The summed E-state index contributed by atoms with van der Waals surface area (Å²) in [6.45, 7) is 1.28. The Morgan fingerprint density at radius 2 is 1.66 bits per heavy atom. The maximum absolute atomic E-state index is 13.4. The molecule has 186 valence electrons. The van der Waals surface area contributed by atoms with Gasteiger partial charge in [0.2, 0.25) is 15.9 Å². The number of ether oxygens (including phenoxy) is 2. The van der Waals surface area contributed by atoms with E-state index < -0.39 is 28.5 Å². The van der Waals surface area contributed by atoms with Crippen LogP contribution in [0.4, 0.5) is 0 Å². The van der Waals surface area contributed by atoms with Crippen molar-refractivity contribution in [2.75, 3.05) is 20.8 Å². The summed E-state index contributed by atoms with van der Waals surface area (Å²) in [7, 11) is -0.931. The van der Waals surface area contributed by atoms with Crippen LogP contribution in [0.1, 0.15) is 24.1 Å². The minimum absolute atomic E-state index is 0.0748. The summed E-state index contributed by atoms with van der Waals surface area (Å²) in [6, 6.07) is 17.6. The maximum atomic E-state index is 13.4. The van der Waals surface area contributed by atoms with E-state index in [1.54, 1.807) is 55.5 Å². The van der Waals surface area contributed by atoms with E-state index in [9.17, 15) is 13.2 Å². The summed E-state index contributed by atoms with van der Waals surface area (Å²) in [5.74, 6) is 0.614. The lowest BCUT2D eigenvalue weighted by atomic mass is 10.1. The van der Waals surface area contributed by atoms with Crippen LogP contribution in [-0.4, -0.2) is 39.4 Å². The van der Waals surface area contributed by atoms with E-state index in [-0.39, 0.29) is 11.4 Å². The molecule has 0 fully saturated rings. The van der Waals surface area contributed by atoms with Crippen molar-refractivity contribution in [2.24, 2.45) is 0 Å². The zero-order valence-corrected chi connectivity index (χ0v) is 21.8. The van der Waals surface area contributed by atoms with Crippen molar-refractivity contribution in [3.63, 3.8) is 0 Å². The second-order valence-electron chi connectivity index (χ2n) is 7.73. The minimum Gasteiger partial charge on any atom is -0.493 e. The molecule has 7 nitrogen and oxygen atoms in total. The summed E-state index contributed by atoms with van der Waals surface area (Å²) in [4.78, 5) is 13.1. The number of methoxy groups -OCH3 is 2. The normalized spacial score (nSPS) is 12.3. The standard InChI is InChI=1S/C25H26Cl2N2O5S/c1-17(18-10-12-23(33-2)24(13-18)34-3)28-25(30)16-29(15-19-9-11-20(26)14-22(19)27)35(31,32)21-7-5-4-6-8-21/h4-14,17H,15-16H2,1-3H3,(H,28,30)/t17-/m1/s1. The second kappa shape index (κ2) is 11.8. The Labute approximate surface area is 215 Å². The molecular formula is C25H26Cl2N2O5S. The van der Waals surface area contributed by atoms with E-state index in [2.05, 4.69) is 5.32 Å². The zero-order chi connectivity index (χ0) is 25.6. The number of carbonyl (C=O) groups is 1. The van der Waals surface area contributed by atoms with Crippen molar-refractivity contribution in [1.29, 1.82) is 0 Å². The van der Waals surface area contributed by atoms with Crippen LogP contribution in [0.5, 0.6) is 11.5 Å². The summed E-state index contributed by atoms with van der Waals surface area (Å²) in [6.07, 6.45) is 0. The van der Waals surface area contributed by atoms with Crippen molar-refractivity contribution < 1.29 is 22.7 Å². The Morgan fingerprint density at radius 1 is 0.971 bits per heavy atom. The van der Waals surface area contributed by atoms with Crippen molar-refractivity contribution in [2.45, 2.75) is 24.4 Å². The van der Waals surface area contributed by atoms with Crippen LogP contribution in [-0.2, 0) is 21.4 Å². The van der Waals surface area contributed by atoms with Crippen LogP contribution in [0.3, 0.4) is 0 Å². The third-order valence-corrected chi connectivity index (χ3v) is 7.74. The molecule has 1 N–H and O–H groups in total. The Kier molecular flexibility index (Phi) is 9.02. The molecule has 0 heterocycles. The highest BCUT2D eigenvalue weighted by molar-refractivity contribution is 7.89. The Bertz CT molecular complexity index is 1290. The number of benzene rings is 3. The number of nitrogens with zero attached hydrogens (tertiary/aromatic N) is 1. The fourth-order valence-corrected chi connectivity index (χ4v) is 5.32. The molecule has 0 saturated heterocycles. The largest absolute Gasteiger partial charge is 0.493 e. The number of nitrogens with one attached hydrogen (secondary N) is 1. The van der Waals surface area contributed by atoms with Crippen LogP contribution >= 0.6 is 23.2 Å². The van der Waals surface area contributed by atoms with Crippen molar-refractivity contribution in [1.82, 2.24) is 9.62 Å². The molecule has 0 aliphatic heterocycles.